The molecule has 4 rings (SSSR count). The van der Waals surface area contributed by atoms with E-state index in [2.05, 4.69) is 15.1 Å². The Hall–Kier alpha value is -3.11. The highest BCUT2D eigenvalue weighted by atomic mass is 32.2. The molecule has 0 N–H and O–H groups in total. The summed E-state index contributed by atoms with van der Waals surface area (Å²) in [5.41, 5.74) is 1.33. The van der Waals surface area contributed by atoms with Gasteiger partial charge in [0.2, 0.25) is 15.9 Å². The van der Waals surface area contributed by atoms with E-state index in [9.17, 15) is 13.2 Å². The zero-order chi connectivity index (χ0) is 21.8. The van der Waals surface area contributed by atoms with E-state index in [4.69, 9.17) is 4.52 Å². The molecule has 10 heteroatoms. The van der Waals surface area contributed by atoms with Crippen molar-refractivity contribution in [2.24, 2.45) is 0 Å². The van der Waals surface area contributed by atoms with Gasteiger partial charge in [-0.2, -0.15) is 9.29 Å². The largest absolute Gasteiger partial charge is 0.341 e. The van der Waals surface area contributed by atoms with Gasteiger partial charge in [0.25, 0.3) is 5.91 Å². The Bertz CT molecular complexity index is 1130. The van der Waals surface area contributed by atoms with Crippen LogP contribution in [0.4, 0.5) is 0 Å². The van der Waals surface area contributed by atoms with Crippen LogP contribution in [0, 0.1) is 0 Å². The van der Waals surface area contributed by atoms with E-state index >= 15 is 0 Å². The lowest BCUT2D eigenvalue weighted by molar-refractivity contribution is 0.0795. The second kappa shape index (κ2) is 8.94. The normalized spacial score (nSPS) is 14.9. The molecule has 1 amide bonds. The summed E-state index contributed by atoms with van der Waals surface area (Å²) in [6.07, 6.45) is 3.60. The lowest BCUT2D eigenvalue weighted by atomic mass is 10.0. The topological polar surface area (TPSA) is 110 Å². The molecule has 3 aromatic rings. The minimum atomic E-state index is -3.37. The summed E-state index contributed by atoms with van der Waals surface area (Å²) in [6.45, 7) is 1.09. The van der Waals surface area contributed by atoms with Crippen LogP contribution in [0.15, 0.2) is 59.4 Å². The van der Waals surface area contributed by atoms with Crippen molar-refractivity contribution in [3.8, 4) is 0 Å². The molecule has 0 unspecified atom stereocenters. The molecule has 0 atom stereocenters. The molecule has 162 valence electrons. The molecular weight excluding hydrogens is 418 g/mol. The van der Waals surface area contributed by atoms with Gasteiger partial charge >= 0.3 is 0 Å². The van der Waals surface area contributed by atoms with Gasteiger partial charge in [-0.1, -0.05) is 35.5 Å². The molecule has 1 aromatic carbocycles. The first-order valence-corrected chi connectivity index (χ1v) is 11.5. The monoisotopic (exact) mass is 441 g/mol. The number of hydrogen-bond acceptors (Lipinski definition) is 7. The zero-order valence-electron chi connectivity index (χ0n) is 17.1. The molecule has 1 fully saturated rings. The van der Waals surface area contributed by atoms with Gasteiger partial charge in [-0.15, -0.1) is 0 Å². The van der Waals surface area contributed by atoms with Crippen molar-refractivity contribution >= 4 is 15.9 Å². The lowest BCUT2D eigenvalue weighted by Gasteiger charge is -2.35. The molecule has 0 saturated carbocycles. The zero-order valence-corrected chi connectivity index (χ0v) is 17.9. The number of hydrogen-bond donors (Lipinski definition) is 0. The number of benzene rings is 1. The molecule has 2 aromatic heterocycles. The summed E-state index contributed by atoms with van der Waals surface area (Å²) >= 11 is 0. The summed E-state index contributed by atoms with van der Waals surface area (Å²) < 4.78 is 31.9. The summed E-state index contributed by atoms with van der Waals surface area (Å²) in [5.74, 6) is 0.694. The van der Waals surface area contributed by atoms with E-state index in [1.807, 2.05) is 18.2 Å². The third kappa shape index (κ3) is 4.97. The standard InChI is InChI=1S/C21H23N5O4S/c1-25(21(27)17-7-10-22-11-8-17)12-9-19-23-20(30-24-19)18-13-26(14-18)31(28,29)15-16-5-3-2-4-6-16/h2-8,10-11,18H,9,12-15H2,1H3. The Balaban J connectivity index is 1.28. The summed E-state index contributed by atoms with van der Waals surface area (Å²) in [4.78, 5) is 22.3. The highest BCUT2D eigenvalue weighted by Gasteiger charge is 2.39. The summed E-state index contributed by atoms with van der Waals surface area (Å²) in [7, 11) is -1.66. The van der Waals surface area contributed by atoms with Crippen molar-refractivity contribution in [2.45, 2.75) is 18.1 Å². The molecule has 1 saturated heterocycles. The fourth-order valence-corrected chi connectivity index (χ4v) is 4.93. The van der Waals surface area contributed by atoms with Crippen molar-refractivity contribution < 1.29 is 17.7 Å². The third-order valence-electron chi connectivity index (χ3n) is 5.21. The highest BCUT2D eigenvalue weighted by Crippen LogP contribution is 2.29. The van der Waals surface area contributed by atoms with Gasteiger partial charge in [0.1, 0.15) is 0 Å². The van der Waals surface area contributed by atoms with Crippen molar-refractivity contribution in [2.75, 3.05) is 26.7 Å². The van der Waals surface area contributed by atoms with E-state index in [-0.39, 0.29) is 17.6 Å². The van der Waals surface area contributed by atoms with Crippen LogP contribution in [-0.4, -0.2) is 65.3 Å². The molecule has 9 nitrogen and oxygen atoms in total. The average molecular weight is 442 g/mol. The van der Waals surface area contributed by atoms with Crippen LogP contribution in [0.5, 0.6) is 0 Å². The molecule has 1 aliphatic heterocycles. The quantitative estimate of drug-likeness (QED) is 0.523. The van der Waals surface area contributed by atoms with Crippen LogP contribution in [0.25, 0.3) is 0 Å². The Morgan fingerprint density at radius 3 is 2.58 bits per heavy atom. The van der Waals surface area contributed by atoms with E-state index < -0.39 is 10.0 Å². The van der Waals surface area contributed by atoms with Gasteiger partial charge in [-0.3, -0.25) is 9.78 Å². The molecule has 0 radical (unpaired) electrons. The van der Waals surface area contributed by atoms with Crippen molar-refractivity contribution in [3.63, 3.8) is 0 Å². The molecule has 31 heavy (non-hydrogen) atoms. The molecule has 3 heterocycles. The maximum absolute atomic E-state index is 12.5. The first-order valence-electron chi connectivity index (χ1n) is 9.92. The maximum Gasteiger partial charge on any atom is 0.253 e. The maximum atomic E-state index is 12.5. The van der Waals surface area contributed by atoms with Crippen LogP contribution in [0.3, 0.4) is 0 Å². The predicted octanol–water partition coefficient (Wildman–Crippen LogP) is 1.71. The Morgan fingerprint density at radius 1 is 1.16 bits per heavy atom. The second-order valence-electron chi connectivity index (χ2n) is 7.52. The first-order chi connectivity index (χ1) is 14.9. The first kappa shape index (κ1) is 21.1. The van der Waals surface area contributed by atoms with Gasteiger partial charge in [-0.25, -0.2) is 8.42 Å². The van der Waals surface area contributed by atoms with E-state index in [0.29, 0.717) is 43.3 Å². The molecule has 0 bridgehead atoms. The Morgan fingerprint density at radius 2 is 1.87 bits per heavy atom. The number of rotatable bonds is 8. The van der Waals surface area contributed by atoms with Crippen LogP contribution in [0.1, 0.15) is 33.6 Å². The van der Waals surface area contributed by atoms with Crippen molar-refractivity contribution in [1.82, 2.24) is 24.3 Å². The molecule has 0 aliphatic carbocycles. The fraction of sp³-hybridized carbons (Fsp3) is 0.333. The summed E-state index contributed by atoms with van der Waals surface area (Å²) in [5, 5.41) is 3.98. The predicted molar refractivity (Wildman–Crippen MR) is 113 cm³/mol. The lowest BCUT2D eigenvalue weighted by Crippen LogP contribution is -2.48. The van der Waals surface area contributed by atoms with Gasteiger partial charge in [0, 0.05) is 51.1 Å². The Kier molecular flexibility index (Phi) is 6.10. The van der Waals surface area contributed by atoms with E-state index in [0.717, 1.165) is 5.56 Å². The van der Waals surface area contributed by atoms with Crippen molar-refractivity contribution in [3.05, 3.63) is 77.7 Å². The second-order valence-corrected chi connectivity index (χ2v) is 9.49. The molecular formula is C21H23N5O4S. The number of pyridine rings is 1. The molecule has 1 aliphatic rings. The number of sulfonamides is 1. The fourth-order valence-electron chi connectivity index (χ4n) is 3.32. The van der Waals surface area contributed by atoms with Gasteiger partial charge < -0.3 is 9.42 Å². The highest BCUT2D eigenvalue weighted by molar-refractivity contribution is 7.88. The smallest absolute Gasteiger partial charge is 0.253 e. The average Bonchev–Trinajstić information content (AvgIpc) is 3.19. The number of amides is 1. The van der Waals surface area contributed by atoms with Gasteiger partial charge in [0.15, 0.2) is 5.82 Å². The van der Waals surface area contributed by atoms with Crippen LogP contribution >= 0.6 is 0 Å². The number of carbonyl (C=O) groups excluding carboxylic acids is 1. The minimum Gasteiger partial charge on any atom is -0.341 e. The SMILES string of the molecule is CN(CCc1noc(C2CN(S(=O)(=O)Cc3ccccc3)C2)n1)C(=O)c1ccncc1. The van der Waals surface area contributed by atoms with Gasteiger partial charge in [0.05, 0.1) is 11.7 Å². The minimum absolute atomic E-state index is 0.0204. The molecule has 0 spiro atoms. The summed E-state index contributed by atoms with van der Waals surface area (Å²) in [6, 6.07) is 12.4. The van der Waals surface area contributed by atoms with Crippen LogP contribution in [0.2, 0.25) is 0 Å². The Labute approximate surface area is 180 Å². The van der Waals surface area contributed by atoms with E-state index in [1.54, 1.807) is 48.6 Å². The number of aromatic nitrogens is 3. The number of likely N-dealkylation sites (N-methyl/N-ethyl adjacent to an activating group) is 1. The van der Waals surface area contributed by atoms with Gasteiger partial charge in [-0.05, 0) is 17.7 Å². The number of nitrogens with zero attached hydrogens (tertiary/aromatic N) is 5. The van der Waals surface area contributed by atoms with E-state index in [1.165, 1.54) is 4.31 Å². The third-order valence-corrected chi connectivity index (χ3v) is 6.99. The van der Waals surface area contributed by atoms with Crippen LogP contribution in [-0.2, 0) is 22.2 Å². The van der Waals surface area contributed by atoms with Crippen molar-refractivity contribution in [1.29, 1.82) is 0 Å². The number of carbonyl (C=O) groups is 1. The van der Waals surface area contributed by atoms with Crippen LogP contribution < -0.4 is 0 Å².